The molecule has 3 heteroatoms. The zero-order chi connectivity index (χ0) is 14.0. The Bertz CT molecular complexity index is 595. The van der Waals surface area contributed by atoms with E-state index in [9.17, 15) is 4.39 Å². The number of aryl methyl sites for hydroxylation is 2. The molecule has 1 atom stereocenters. The van der Waals surface area contributed by atoms with Crippen molar-refractivity contribution in [3.8, 4) is 0 Å². The summed E-state index contributed by atoms with van der Waals surface area (Å²) in [6.45, 7) is 3.99. The molecule has 0 amide bonds. The van der Waals surface area contributed by atoms with Gasteiger partial charge in [0.1, 0.15) is 5.82 Å². The van der Waals surface area contributed by atoms with E-state index in [2.05, 4.69) is 11.4 Å². The summed E-state index contributed by atoms with van der Waals surface area (Å²) in [5, 5.41) is 4.00. The molecule has 0 bridgehead atoms. The van der Waals surface area contributed by atoms with Crippen LogP contribution in [0, 0.1) is 19.7 Å². The van der Waals surface area contributed by atoms with Crippen LogP contribution >= 0.6 is 11.6 Å². The molecule has 100 valence electrons. The summed E-state index contributed by atoms with van der Waals surface area (Å²) in [5.41, 5.74) is 4.15. The average Bonchev–Trinajstić information content (AvgIpc) is 2.36. The van der Waals surface area contributed by atoms with Crippen molar-refractivity contribution in [3.05, 3.63) is 69.5 Å². The number of hydrogen-bond donors (Lipinski definition) is 1. The summed E-state index contributed by atoms with van der Waals surface area (Å²) in [7, 11) is 1.87. The van der Waals surface area contributed by atoms with Crippen LogP contribution in [0.1, 0.15) is 28.3 Å². The van der Waals surface area contributed by atoms with Crippen LogP contribution in [0.3, 0.4) is 0 Å². The Morgan fingerprint density at radius 2 is 1.84 bits per heavy atom. The molecule has 2 rings (SSSR count). The van der Waals surface area contributed by atoms with Gasteiger partial charge in [0.25, 0.3) is 0 Å². The van der Waals surface area contributed by atoms with Gasteiger partial charge in [-0.15, -0.1) is 0 Å². The third-order valence-electron chi connectivity index (χ3n) is 3.33. The highest BCUT2D eigenvalue weighted by Gasteiger charge is 2.16. The Kier molecular flexibility index (Phi) is 4.23. The Hall–Kier alpha value is -1.38. The molecular formula is C16H17ClFN. The SMILES string of the molecule is CNC(c1cccc(F)c1)c1cc(C)c(Cl)cc1C. The van der Waals surface area contributed by atoms with E-state index in [-0.39, 0.29) is 11.9 Å². The Labute approximate surface area is 118 Å². The summed E-state index contributed by atoms with van der Waals surface area (Å²) in [5.74, 6) is -0.221. The van der Waals surface area contributed by atoms with Crippen LogP contribution < -0.4 is 5.32 Å². The van der Waals surface area contributed by atoms with Crippen molar-refractivity contribution in [2.24, 2.45) is 0 Å². The van der Waals surface area contributed by atoms with Crippen molar-refractivity contribution in [1.29, 1.82) is 0 Å². The maximum atomic E-state index is 13.4. The lowest BCUT2D eigenvalue weighted by molar-refractivity contribution is 0.616. The van der Waals surface area contributed by atoms with Gasteiger partial charge < -0.3 is 5.32 Å². The smallest absolute Gasteiger partial charge is 0.123 e. The Morgan fingerprint density at radius 1 is 1.11 bits per heavy atom. The first-order valence-electron chi connectivity index (χ1n) is 6.22. The van der Waals surface area contributed by atoms with Crippen molar-refractivity contribution in [2.45, 2.75) is 19.9 Å². The molecule has 1 nitrogen and oxygen atoms in total. The van der Waals surface area contributed by atoms with Gasteiger partial charge in [0, 0.05) is 5.02 Å². The lowest BCUT2D eigenvalue weighted by Gasteiger charge is -2.20. The molecule has 2 aromatic rings. The summed E-state index contributed by atoms with van der Waals surface area (Å²) in [6, 6.07) is 10.6. The summed E-state index contributed by atoms with van der Waals surface area (Å²) < 4.78 is 13.4. The van der Waals surface area contributed by atoms with Gasteiger partial charge in [0.2, 0.25) is 0 Å². The molecular weight excluding hydrogens is 261 g/mol. The molecule has 0 saturated carbocycles. The second-order valence-corrected chi connectivity index (χ2v) is 5.14. The number of benzene rings is 2. The molecule has 19 heavy (non-hydrogen) atoms. The number of halogens is 2. The quantitative estimate of drug-likeness (QED) is 0.876. The van der Waals surface area contributed by atoms with Crippen molar-refractivity contribution in [3.63, 3.8) is 0 Å². The normalized spacial score (nSPS) is 12.5. The molecule has 0 aliphatic rings. The minimum atomic E-state index is -0.221. The van der Waals surface area contributed by atoms with Gasteiger partial charge in [-0.05, 0) is 61.3 Å². The van der Waals surface area contributed by atoms with E-state index in [1.54, 1.807) is 12.1 Å². The second-order valence-electron chi connectivity index (χ2n) is 4.73. The second kappa shape index (κ2) is 5.72. The van der Waals surface area contributed by atoms with Gasteiger partial charge in [0.15, 0.2) is 0 Å². The molecule has 0 aromatic heterocycles. The third kappa shape index (κ3) is 2.96. The highest BCUT2D eigenvalue weighted by atomic mass is 35.5. The molecule has 0 aliphatic carbocycles. The van der Waals surface area contributed by atoms with Crippen LogP contribution in [0.4, 0.5) is 4.39 Å². The monoisotopic (exact) mass is 277 g/mol. The van der Waals surface area contributed by atoms with Gasteiger partial charge in [-0.3, -0.25) is 0 Å². The highest BCUT2D eigenvalue weighted by molar-refractivity contribution is 6.31. The first kappa shape index (κ1) is 14.0. The Balaban J connectivity index is 2.51. The molecule has 2 aromatic carbocycles. The van der Waals surface area contributed by atoms with E-state index in [1.165, 1.54) is 6.07 Å². The number of nitrogens with one attached hydrogen (secondary N) is 1. The van der Waals surface area contributed by atoms with Crippen molar-refractivity contribution < 1.29 is 4.39 Å². The van der Waals surface area contributed by atoms with Crippen LogP contribution in [0.2, 0.25) is 5.02 Å². The van der Waals surface area contributed by atoms with Crippen molar-refractivity contribution >= 4 is 11.6 Å². The van der Waals surface area contributed by atoms with Crippen molar-refractivity contribution in [2.75, 3.05) is 7.05 Å². The number of rotatable bonds is 3. The summed E-state index contributed by atoms with van der Waals surface area (Å²) >= 11 is 6.12. The van der Waals surface area contributed by atoms with Gasteiger partial charge in [-0.25, -0.2) is 4.39 Å². The average molecular weight is 278 g/mol. The molecule has 0 fully saturated rings. The van der Waals surface area contributed by atoms with E-state index >= 15 is 0 Å². The van der Waals surface area contributed by atoms with Crippen LogP contribution in [0.25, 0.3) is 0 Å². The summed E-state index contributed by atoms with van der Waals surface area (Å²) in [4.78, 5) is 0. The molecule has 0 radical (unpaired) electrons. The lowest BCUT2D eigenvalue weighted by atomic mass is 9.93. The van der Waals surface area contributed by atoms with E-state index in [0.29, 0.717) is 0 Å². The number of hydrogen-bond acceptors (Lipinski definition) is 1. The van der Waals surface area contributed by atoms with E-state index < -0.39 is 0 Å². The fourth-order valence-corrected chi connectivity index (χ4v) is 2.52. The molecule has 0 spiro atoms. The maximum Gasteiger partial charge on any atom is 0.123 e. The zero-order valence-corrected chi connectivity index (χ0v) is 12.1. The van der Waals surface area contributed by atoms with E-state index in [4.69, 9.17) is 11.6 Å². The Morgan fingerprint density at radius 3 is 2.47 bits per heavy atom. The largest absolute Gasteiger partial charge is 0.309 e. The fourth-order valence-electron chi connectivity index (χ4n) is 2.30. The van der Waals surface area contributed by atoms with Gasteiger partial charge in [0.05, 0.1) is 6.04 Å². The van der Waals surface area contributed by atoms with Gasteiger partial charge in [-0.2, -0.15) is 0 Å². The first-order valence-corrected chi connectivity index (χ1v) is 6.60. The predicted octanol–water partition coefficient (Wildman–Crippen LogP) is 4.40. The van der Waals surface area contributed by atoms with Crippen LogP contribution in [-0.2, 0) is 0 Å². The van der Waals surface area contributed by atoms with Gasteiger partial charge in [-0.1, -0.05) is 29.8 Å². The fraction of sp³-hybridized carbons (Fsp3) is 0.250. The molecule has 0 heterocycles. The lowest BCUT2D eigenvalue weighted by Crippen LogP contribution is -2.19. The minimum absolute atomic E-state index is 0.0355. The summed E-state index contributed by atoms with van der Waals surface area (Å²) in [6.07, 6.45) is 0. The zero-order valence-electron chi connectivity index (χ0n) is 11.3. The van der Waals surface area contributed by atoms with Crippen LogP contribution in [0.15, 0.2) is 36.4 Å². The third-order valence-corrected chi connectivity index (χ3v) is 3.74. The van der Waals surface area contributed by atoms with Gasteiger partial charge >= 0.3 is 0 Å². The highest BCUT2D eigenvalue weighted by Crippen LogP contribution is 2.29. The molecule has 0 aliphatic heterocycles. The minimum Gasteiger partial charge on any atom is -0.309 e. The predicted molar refractivity (Wildman–Crippen MR) is 78.2 cm³/mol. The molecule has 0 saturated heterocycles. The maximum absolute atomic E-state index is 13.4. The van der Waals surface area contributed by atoms with E-state index in [1.807, 2.05) is 33.0 Å². The van der Waals surface area contributed by atoms with E-state index in [0.717, 1.165) is 27.3 Å². The van der Waals surface area contributed by atoms with Crippen LogP contribution in [-0.4, -0.2) is 7.05 Å². The first-order chi connectivity index (χ1) is 9.02. The topological polar surface area (TPSA) is 12.0 Å². The molecule has 1 N–H and O–H groups in total. The van der Waals surface area contributed by atoms with Crippen molar-refractivity contribution in [1.82, 2.24) is 5.32 Å². The standard InChI is InChI=1S/C16H17ClFN/c1-10-8-15(17)11(2)7-14(10)16(19-3)12-5-4-6-13(18)9-12/h4-9,16,19H,1-3H3. The molecule has 1 unspecified atom stereocenters. The van der Waals surface area contributed by atoms with Crippen LogP contribution in [0.5, 0.6) is 0 Å².